The molecule has 2 heterocycles. The molecule has 0 aromatic carbocycles. The number of dihydropyridines is 1. The van der Waals surface area contributed by atoms with Crippen LogP contribution in [-0.2, 0) is 14.3 Å². The number of fused-ring (bicyclic) bond motifs is 1. The Bertz CT molecular complexity index is 648. The Kier molecular flexibility index (Phi) is 5.48. The maximum atomic E-state index is 12.8. The monoisotopic (exact) mass is 335 g/mol. The van der Waals surface area contributed by atoms with Crippen LogP contribution in [0.2, 0.25) is 0 Å². The van der Waals surface area contributed by atoms with E-state index in [-0.39, 0.29) is 18.5 Å². The average molecular weight is 335 g/mol. The summed E-state index contributed by atoms with van der Waals surface area (Å²) >= 11 is 0. The molecule has 0 aromatic rings. The first-order chi connectivity index (χ1) is 11.4. The van der Waals surface area contributed by atoms with E-state index >= 15 is 0 Å². The summed E-state index contributed by atoms with van der Waals surface area (Å²) in [5.41, 5.74) is 0. The molecule has 24 heavy (non-hydrogen) atoms. The van der Waals surface area contributed by atoms with Crippen molar-refractivity contribution < 1.29 is 23.7 Å². The van der Waals surface area contributed by atoms with Gasteiger partial charge in [-0.25, -0.2) is 4.79 Å². The Balaban J connectivity index is 2.29. The lowest BCUT2D eigenvalue weighted by Crippen LogP contribution is -2.57. The van der Waals surface area contributed by atoms with E-state index in [4.69, 9.17) is 4.74 Å². The predicted molar refractivity (Wildman–Crippen MR) is 87.9 cm³/mol. The number of aliphatic imine (C=N–C) groups is 1. The molecule has 0 saturated carbocycles. The summed E-state index contributed by atoms with van der Waals surface area (Å²) in [6.07, 6.45) is 3.92. The highest BCUT2D eigenvalue weighted by atomic mass is 16.5. The van der Waals surface area contributed by atoms with Crippen LogP contribution in [0.25, 0.3) is 0 Å². The van der Waals surface area contributed by atoms with Crippen molar-refractivity contribution in [1.29, 1.82) is 0 Å². The van der Waals surface area contributed by atoms with E-state index in [0.29, 0.717) is 18.2 Å². The normalized spacial score (nSPS) is 20.3. The number of carbonyl (C=O) groups is 3. The second kappa shape index (κ2) is 7.37. The number of rotatable bonds is 6. The van der Waals surface area contributed by atoms with Gasteiger partial charge in [-0.15, -0.1) is 4.99 Å². The molecule has 8 nitrogen and oxygen atoms in total. The molecule has 0 fully saturated rings. The van der Waals surface area contributed by atoms with Crippen LogP contribution in [0.4, 0.5) is 4.79 Å². The number of allylic oxidation sites excluding steroid dienone is 1. The molecular weight excluding hydrogens is 312 g/mol. The van der Waals surface area contributed by atoms with Gasteiger partial charge in [-0.2, -0.15) is 9.48 Å². The van der Waals surface area contributed by atoms with Crippen molar-refractivity contribution in [3.8, 4) is 0 Å². The minimum Gasteiger partial charge on any atom is -0.496 e. The van der Waals surface area contributed by atoms with Crippen LogP contribution < -0.4 is 5.32 Å². The van der Waals surface area contributed by atoms with Crippen molar-refractivity contribution in [3.63, 3.8) is 0 Å². The van der Waals surface area contributed by atoms with Gasteiger partial charge in [0.05, 0.1) is 13.7 Å². The molecule has 2 aliphatic heterocycles. The second-order valence-corrected chi connectivity index (χ2v) is 5.98. The first-order valence-electron chi connectivity index (χ1n) is 7.99. The van der Waals surface area contributed by atoms with Crippen LogP contribution in [0.5, 0.6) is 0 Å². The summed E-state index contributed by atoms with van der Waals surface area (Å²) < 4.78 is 6.92. The van der Waals surface area contributed by atoms with Crippen LogP contribution in [0.3, 0.4) is 0 Å². The van der Waals surface area contributed by atoms with Crippen LogP contribution >= 0.6 is 0 Å². The molecule has 2 aliphatic rings. The molecule has 2 rings (SSSR count). The number of imide groups is 1. The fourth-order valence-corrected chi connectivity index (χ4v) is 2.53. The van der Waals surface area contributed by atoms with E-state index in [1.165, 1.54) is 17.8 Å². The Morgan fingerprint density at radius 3 is 2.79 bits per heavy atom. The largest absolute Gasteiger partial charge is 0.496 e. The number of ether oxygens (including phenoxy) is 1. The second-order valence-electron chi connectivity index (χ2n) is 5.98. The molecule has 8 heteroatoms. The van der Waals surface area contributed by atoms with Gasteiger partial charge < -0.3 is 10.1 Å². The van der Waals surface area contributed by atoms with Gasteiger partial charge in [0.25, 0.3) is 11.7 Å². The van der Waals surface area contributed by atoms with Crippen molar-refractivity contribution in [2.24, 2.45) is 10.9 Å². The highest BCUT2D eigenvalue weighted by molar-refractivity contribution is 6.16. The number of urea groups is 1. The zero-order valence-corrected chi connectivity index (χ0v) is 14.4. The summed E-state index contributed by atoms with van der Waals surface area (Å²) in [7, 11) is 1.53. The summed E-state index contributed by atoms with van der Waals surface area (Å²) in [6, 6.07) is -0.644. The molecule has 0 spiro atoms. The van der Waals surface area contributed by atoms with Crippen molar-refractivity contribution in [3.05, 3.63) is 11.8 Å². The first-order valence-corrected chi connectivity index (χ1v) is 7.99. The van der Waals surface area contributed by atoms with Crippen LogP contribution in [-0.4, -0.2) is 65.6 Å². The zero-order valence-electron chi connectivity index (χ0n) is 14.4. The van der Waals surface area contributed by atoms with Crippen LogP contribution in [0, 0.1) is 5.92 Å². The molecule has 0 saturated heterocycles. The van der Waals surface area contributed by atoms with Crippen LogP contribution in [0.1, 0.15) is 27.2 Å². The highest BCUT2D eigenvalue weighted by Gasteiger charge is 2.50. The van der Waals surface area contributed by atoms with Gasteiger partial charge in [0, 0.05) is 12.1 Å². The van der Waals surface area contributed by atoms with Gasteiger partial charge >= 0.3 is 11.9 Å². The molecule has 0 aliphatic carbocycles. The summed E-state index contributed by atoms with van der Waals surface area (Å²) in [5, 5.41) is 2.68. The number of amides is 4. The third-order valence-corrected chi connectivity index (χ3v) is 3.59. The number of carbonyl (C=O) groups excluding carboxylic acids is 3. The van der Waals surface area contributed by atoms with Crippen molar-refractivity contribution in [2.75, 3.05) is 20.2 Å². The number of hydrogen-bond donors (Lipinski definition) is 1. The van der Waals surface area contributed by atoms with Gasteiger partial charge in [0.1, 0.15) is 12.0 Å². The third-order valence-electron chi connectivity index (χ3n) is 3.59. The van der Waals surface area contributed by atoms with Crippen LogP contribution in [0.15, 0.2) is 16.8 Å². The molecule has 0 radical (unpaired) electrons. The molecule has 0 aromatic heterocycles. The lowest BCUT2D eigenvalue weighted by atomic mass is 9.99. The van der Waals surface area contributed by atoms with Gasteiger partial charge in [-0.3, -0.25) is 9.59 Å². The van der Waals surface area contributed by atoms with E-state index < -0.39 is 17.9 Å². The number of nitrogens with one attached hydrogen (secondary N) is 1. The van der Waals surface area contributed by atoms with Gasteiger partial charge in [-0.1, -0.05) is 6.92 Å². The molecule has 1 unspecified atom stereocenters. The number of nitrogens with zero attached hydrogens (tertiary/aromatic N) is 3. The van der Waals surface area contributed by atoms with Crippen molar-refractivity contribution >= 4 is 29.9 Å². The van der Waals surface area contributed by atoms with E-state index in [1.807, 2.05) is 20.8 Å². The summed E-state index contributed by atoms with van der Waals surface area (Å²) in [5.74, 6) is -0.912. The summed E-state index contributed by atoms with van der Waals surface area (Å²) in [4.78, 5) is 42.3. The molecule has 1 N–H and O–H groups in total. The molecule has 0 bridgehead atoms. The lowest BCUT2D eigenvalue weighted by molar-refractivity contribution is -0.408. The van der Waals surface area contributed by atoms with Gasteiger partial charge in [-0.05, 0) is 20.3 Å². The van der Waals surface area contributed by atoms with E-state index in [2.05, 4.69) is 10.3 Å². The first kappa shape index (κ1) is 17.8. The highest BCUT2D eigenvalue weighted by Crippen LogP contribution is 2.25. The third kappa shape index (κ3) is 3.52. The van der Waals surface area contributed by atoms with Crippen molar-refractivity contribution in [1.82, 2.24) is 10.2 Å². The SMILES string of the molecule is CCCOC1=CC=NC2=[N+](C)C(=O)N(CC(=O)NC(C)C)C(=O)C12. The van der Waals surface area contributed by atoms with Gasteiger partial charge in [0.2, 0.25) is 0 Å². The van der Waals surface area contributed by atoms with E-state index in [0.717, 1.165) is 11.3 Å². The fourth-order valence-electron chi connectivity index (χ4n) is 2.53. The maximum absolute atomic E-state index is 12.8. The number of hydrogen-bond acceptors (Lipinski definition) is 5. The molecular formula is C16H23N4O4+. The summed E-state index contributed by atoms with van der Waals surface area (Å²) in [6.45, 7) is 5.72. The average Bonchev–Trinajstić information content (AvgIpc) is 2.53. The van der Waals surface area contributed by atoms with E-state index in [1.54, 1.807) is 6.08 Å². The quantitative estimate of drug-likeness (QED) is 0.717. The smallest absolute Gasteiger partial charge is 0.446 e. The van der Waals surface area contributed by atoms with Gasteiger partial charge in [0.15, 0.2) is 12.5 Å². The fraction of sp³-hybridized carbons (Fsp3) is 0.562. The zero-order chi connectivity index (χ0) is 17.9. The minimum absolute atomic E-state index is 0.0741. The van der Waals surface area contributed by atoms with Crippen molar-refractivity contribution in [2.45, 2.75) is 33.2 Å². The number of amidine groups is 1. The maximum Gasteiger partial charge on any atom is 0.446 e. The molecule has 1 atom stereocenters. The predicted octanol–water partition coefficient (Wildman–Crippen LogP) is 0.525. The Morgan fingerprint density at radius 2 is 2.17 bits per heavy atom. The lowest BCUT2D eigenvalue weighted by Gasteiger charge is -2.28. The Hall–Kier alpha value is -2.51. The topological polar surface area (TPSA) is 91.1 Å². The minimum atomic E-state index is -0.795. The Labute approximate surface area is 140 Å². The van der Waals surface area contributed by atoms with E-state index in [9.17, 15) is 14.4 Å². The molecule has 4 amide bonds. The molecule has 130 valence electrons. The Morgan fingerprint density at radius 1 is 1.46 bits per heavy atom. The standard InChI is InChI=1S/C16H22N4O4/c1-5-8-24-11-6-7-17-14-13(11)15(22)20(16(23)19(14)4)9-12(21)18-10(2)3/h6-7,10,13H,5,8-9H2,1-4H3/p+1.